The standard InChI is InChI=1S/C11H12O3S/c1-7-3-4-8(11(12)13-2)10-9(7)14-5-6-15-10/h3-4H,5-6H2,1-2H3. The monoisotopic (exact) mass is 224 g/mol. The summed E-state index contributed by atoms with van der Waals surface area (Å²) in [7, 11) is 1.39. The predicted octanol–water partition coefficient (Wildman–Crippen LogP) is 2.27. The molecule has 1 aliphatic heterocycles. The molecule has 0 amide bonds. The van der Waals surface area contributed by atoms with Crippen LogP contribution in [0, 0.1) is 6.92 Å². The number of thioether (sulfide) groups is 1. The molecule has 0 aliphatic carbocycles. The second-order valence-corrected chi connectivity index (χ2v) is 4.38. The Kier molecular flexibility index (Phi) is 2.86. The number of hydrogen-bond acceptors (Lipinski definition) is 4. The van der Waals surface area contributed by atoms with E-state index >= 15 is 0 Å². The van der Waals surface area contributed by atoms with Gasteiger partial charge in [-0.05, 0) is 18.6 Å². The normalized spacial score (nSPS) is 14.0. The molecule has 1 aromatic rings. The van der Waals surface area contributed by atoms with Crippen molar-refractivity contribution in [3.8, 4) is 5.75 Å². The van der Waals surface area contributed by atoms with Crippen LogP contribution < -0.4 is 4.74 Å². The Bertz CT molecular complexity index is 401. The lowest BCUT2D eigenvalue weighted by atomic mass is 10.1. The molecule has 1 aliphatic rings. The zero-order chi connectivity index (χ0) is 10.8. The molecule has 80 valence electrons. The average Bonchev–Trinajstić information content (AvgIpc) is 2.29. The number of hydrogen-bond donors (Lipinski definition) is 0. The maximum Gasteiger partial charge on any atom is 0.339 e. The first-order chi connectivity index (χ1) is 7.24. The van der Waals surface area contributed by atoms with E-state index in [0.717, 1.165) is 22.0 Å². The highest BCUT2D eigenvalue weighted by Gasteiger charge is 2.21. The van der Waals surface area contributed by atoms with Gasteiger partial charge in [0, 0.05) is 5.75 Å². The van der Waals surface area contributed by atoms with Gasteiger partial charge >= 0.3 is 5.97 Å². The van der Waals surface area contributed by atoms with Gasteiger partial charge in [-0.1, -0.05) is 6.07 Å². The van der Waals surface area contributed by atoms with Crippen LogP contribution in [0.2, 0.25) is 0 Å². The first kappa shape index (κ1) is 10.4. The average molecular weight is 224 g/mol. The minimum absolute atomic E-state index is 0.302. The van der Waals surface area contributed by atoms with Crippen LogP contribution in [-0.2, 0) is 4.74 Å². The van der Waals surface area contributed by atoms with Gasteiger partial charge in [0.25, 0.3) is 0 Å². The van der Waals surface area contributed by atoms with Gasteiger partial charge < -0.3 is 9.47 Å². The van der Waals surface area contributed by atoms with Crippen LogP contribution in [0.4, 0.5) is 0 Å². The van der Waals surface area contributed by atoms with E-state index in [1.807, 2.05) is 13.0 Å². The highest BCUT2D eigenvalue weighted by molar-refractivity contribution is 7.99. The zero-order valence-electron chi connectivity index (χ0n) is 8.70. The van der Waals surface area contributed by atoms with Crippen molar-refractivity contribution < 1.29 is 14.3 Å². The largest absolute Gasteiger partial charge is 0.491 e. The molecular formula is C11H12O3S. The number of carbonyl (C=O) groups excluding carboxylic acids is 1. The Balaban J connectivity index is 2.52. The molecule has 4 heteroatoms. The summed E-state index contributed by atoms with van der Waals surface area (Å²) in [4.78, 5) is 12.4. The number of rotatable bonds is 1. The smallest absolute Gasteiger partial charge is 0.339 e. The van der Waals surface area contributed by atoms with E-state index in [4.69, 9.17) is 9.47 Å². The van der Waals surface area contributed by atoms with Crippen molar-refractivity contribution >= 4 is 17.7 Å². The number of ether oxygens (including phenoxy) is 2. The van der Waals surface area contributed by atoms with Crippen LogP contribution in [0.15, 0.2) is 17.0 Å². The lowest BCUT2D eigenvalue weighted by Crippen LogP contribution is -2.12. The van der Waals surface area contributed by atoms with E-state index in [0.29, 0.717) is 12.2 Å². The van der Waals surface area contributed by atoms with E-state index in [-0.39, 0.29) is 5.97 Å². The van der Waals surface area contributed by atoms with Gasteiger partial charge in [-0.2, -0.15) is 0 Å². The Morgan fingerprint density at radius 2 is 2.33 bits per heavy atom. The minimum atomic E-state index is -0.302. The molecule has 0 saturated carbocycles. The summed E-state index contributed by atoms with van der Waals surface area (Å²) in [6.45, 7) is 2.68. The predicted molar refractivity (Wildman–Crippen MR) is 58.7 cm³/mol. The molecule has 0 radical (unpaired) electrons. The van der Waals surface area contributed by atoms with E-state index in [9.17, 15) is 4.79 Å². The van der Waals surface area contributed by atoms with Gasteiger partial charge in [0.2, 0.25) is 0 Å². The summed E-state index contributed by atoms with van der Waals surface area (Å²) in [5.74, 6) is 1.40. The molecule has 2 rings (SSSR count). The second-order valence-electron chi connectivity index (χ2n) is 3.28. The summed E-state index contributed by atoms with van der Waals surface area (Å²) >= 11 is 1.65. The van der Waals surface area contributed by atoms with Crippen LogP contribution in [0.25, 0.3) is 0 Å². The molecule has 0 saturated heterocycles. The summed E-state index contributed by atoms with van der Waals surface area (Å²) < 4.78 is 10.3. The third-order valence-electron chi connectivity index (χ3n) is 2.29. The van der Waals surface area contributed by atoms with Crippen molar-refractivity contribution in [2.45, 2.75) is 11.8 Å². The summed E-state index contributed by atoms with van der Waals surface area (Å²) in [5, 5.41) is 0. The van der Waals surface area contributed by atoms with Crippen molar-refractivity contribution in [1.29, 1.82) is 0 Å². The third-order valence-corrected chi connectivity index (χ3v) is 3.36. The van der Waals surface area contributed by atoms with Crippen LogP contribution in [0.5, 0.6) is 5.75 Å². The van der Waals surface area contributed by atoms with E-state index < -0.39 is 0 Å². The van der Waals surface area contributed by atoms with Crippen molar-refractivity contribution in [1.82, 2.24) is 0 Å². The van der Waals surface area contributed by atoms with Gasteiger partial charge in [-0.15, -0.1) is 11.8 Å². The highest BCUT2D eigenvalue weighted by atomic mass is 32.2. The van der Waals surface area contributed by atoms with Gasteiger partial charge in [0.1, 0.15) is 5.75 Å². The zero-order valence-corrected chi connectivity index (χ0v) is 9.52. The minimum Gasteiger partial charge on any atom is -0.491 e. The third kappa shape index (κ3) is 1.81. The molecule has 0 N–H and O–H groups in total. The molecule has 0 bridgehead atoms. The van der Waals surface area contributed by atoms with Crippen LogP contribution in [0.3, 0.4) is 0 Å². The van der Waals surface area contributed by atoms with Crippen molar-refractivity contribution in [2.75, 3.05) is 19.5 Å². The van der Waals surface area contributed by atoms with Crippen molar-refractivity contribution in [3.63, 3.8) is 0 Å². The first-order valence-electron chi connectivity index (χ1n) is 4.71. The summed E-state index contributed by atoms with van der Waals surface area (Å²) in [6.07, 6.45) is 0. The Morgan fingerprint density at radius 3 is 3.07 bits per heavy atom. The number of benzene rings is 1. The molecule has 0 spiro atoms. The van der Waals surface area contributed by atoms with Gasteiger partial charge in [0.15, 0.2) is 0 Å². The number of aryl methyl sites for hydroxylation is 1. The number of carbonyl (C=O) groups is 1. The second kappa shape index (κ2) is 4.14. The van der Waals surface area contributed by atoms with Crippen LogP contribution in [-0.4, -0.2) is 25.4 Å². The van der Waals surface area contributed by atoms with E-state index in [2.05, 4.69) is 0 Å². The first-order valence-corrected chi connectivity index (χ1v) is 5.70. The number of fused-ring (bicyclic) bond motifs is 1. The molecule has 1 heterocycles. The molecular weight excluding hydrogens is 212 g/mol. The molecule has 0 fully saturated rings. The van der Waals surface area contributed by atoms with E-state index in [1.165, 1.54) is 7.11 Å². The van der Waals surface area contributed by atoms with Gasteiger partial charge in [0.05, 0.1) is 24.2 Å². The fraction of sp³-hybridized carbons (Fsp3) is 0.364. The Labute approximate surface area is 92.8 Å². The fourth-order valence-electron chi connectivity index (χ4n) is 1.54. The number of methoxy groups -OCH3 is 1. The fourth-order valence-corrected chi connectivity index (χ4v) is 2.57. The van der Waals surface area contributed by atoms with Crippen molar-refractivity contribution in [2.24, 2.45) is 0 Å². The van der Waals surface area contributed by atoms with Crippen molar-refractivity contribution in [3.05, 3.63) is 23.3 Å². The summed E-state index contributed by atoms with van der Waals surface area (Å²) in [6, 6.07) is 3.68. The summed E-state index contributed by atoms with van der Waals surface area (Å²) in [5.41, 5.74) is 1.66. The number of esters is 1. The lowest BCUT2D eigenvalue weighted by molar-refractivity contribution is 0.0595. The molecule has 0 atom stereocenters. The molecule has 0 unspecified atom stereocenters. The molecule has 1 aromatic carbocycles. The lowest BCUT2D eigenvalue weighted by Gasteiger charge is -2.20. The maximum atomic E-state index is 11.5. The van der Waals surface area contributed by atoms with Crippen LogP contribution in [0.1, 0.15) is 15.9 Å². The van der Waals surface area contributed by atoms with Crippen LogP contribution >= 0.6 is 11.8 Å². The Morgan fingerprint density at radius 1 is 1.53 bits per heavy atom. The maximum absolute atomic E-state index is 11.5. The molecule has 0 aromatic heterocycles. The van der Waals surface area contributed by atoms with Gasteiger partial charge in [-0.3, -0.25) is 0 Å². The quantitative estimate of drug-likeness (QED) is 0.685. The topological polar surface area (TPSA) is 35.5 Å². The van der Waals surface area contributed by atoms with Gasteiger partial charge in [-0.25, -0.2) is 4.79 Å². The SMILES string of the molecule is COC(=O)c1ccc(C)c2c1SCCO2. The highest BCUT2D eigenvalue weighted by Crippen LogP contribution is 2.38. The van der Waals surface area contributed by atoms with E-state index in [1.54, 1.807) is 17.8 Å². The Hall–Kier alpha value is -1.16. The molecule has 15 heavy (non-hydrogen) atoms. The molecule has 3 nitrogen and oxygen atoms in total.